The lowest BCUT2D eigenvalue weighted by Gasteiger charge is -2.37. The van der Waals surface area contributed by atoms with Crippen LogP contribution in [0.2, 0.25) is 5.02 Å². The first-order valence-corrected chi connectivity index (χ1v) is 9.54. The average molecular weight is 373 g/mol. The molecule has 0 saturated carbocycles. The molecule has 0 spiro atoms. The van der Waals surface area contributed by atoms with Crippen LogP contribution in [0.25, 0.3) is 0 Å². The average Bonchev–Trinajstić information content (AvgIpc) is 3.06. The number of nitrogens with one attached hydrogen (secondary N) is 1. The Hall–Kier alpha value is -1.91. The van der Waals surface area contributed by atoms with Gasteiger partial charge in [-0.15, -0.1) is 0 Å². The van der Waals surface area contributed by atoms with E-state index < -0.39 is 5.82 Å². The minimum atomic E-state index is -0.434. The largest absolute Gasteiger partial charge is 0.348 e. The molecule has 0 bridgehead atoms. The molecular formula is C21H22ClFN2O. The van der Waals surface area contributed by atoms with Crippen LogP contribution >= 0.6 is 11.6 Å². The van der Waals surface area contributed by atoms with Gasteiger partial charge in [0.15, 0.2) is 0 Å². The zero-order chi connectivity index (χ0) is 18.1. The lowest BCUT2D eigenvalue weighted by Crippen LogP contribution is -2.51. The highest BCUT2D eigenvalue weighted by atomic mass is 35.5. The van der Waals surface area contributed by atoms with Crippen molar-refractivity contribution in [3.8, 4) is 0 Å². The van der Waals surface area contributed by atoms with Gasteiger partial charge >= 0.3 is 0 Å². The predicted octanol–water partition coefficient (Wildman–Crippen LogP) is 3.84. The molecule has 1 atom stereocenters. The van der Waals surface area contributed by atoms with Gasteiger partial charge in [0.05, 0.1) is 10.6 Å². The summed E-state index contributed by atoms with van der Waals surface area (Å²) in [5.74, 6) is -0.659. The molecule has 136 valence electrons. The summed E-state index contributed by atoms with van der Waals surface area (Å²) in [6, 6.07) is 13.1. The Bertz CT molecular complexity index is 800. The second-order valence-corrected chi connectivity index (χ2v) is 7.67. The van der Waals surface area contributed by atoms with Crippen LogP contribution in [0, 0.1) is 5.82 Å². The van der Waals surface area contributed by atoms with Gasteiger partial charge in [-0.2, -0.15) is 0 Å². The van der Waals surface area contributed by atoms with E-state index in [1.54, 1.807) is 0 Å². The molecule has 1 heterocycles. The van der Waals surface area contributed by atoms with E-state index in [2.05, 4.69) is 34.5 Å². The number of likely N-dealkylation sites (tertiary alicyclic amines) is 1. The molecule has 1 saturated heterocycles. The first kappa shape index (κ1) is 17.5. The molecule has 0 unspecified atom stereocenters. The van der Waals surface area contributed by atoms with Crippen molar-refractivity contribution < 1.29 is 9.18 Å². The van der Waals surface area contributed by atoms with E-state index in [-0.39, 0.29) is 17.0 Å². The third kappa shape index (κ3) is 3.62. The Morgan fingerprint density at radius 2 is 1.88 bits per heavy atom. The number of hydrogen-bond acceptors (Lipinski definition) is 2. The number of hydrogen-bond donors (Lipinski definition) is 1. The topological polar surface area (TPSA) is 32.3 Å². The summed E-state index contributed by atoms with van der Waals surface area (Å²) in [5.41, 5.74) is 3.22. The minimum absolute atomic E-state index is 0.0982. The SMILES string of the molecule is O=C(N[C@H]1CCCN(C2Cc3ccccc3C2)C1)c1ccc(F)cc1Cl. The number of carbonyl (C=O) groups is 1. The summed E-state index contributed by atoms with van der Waals surface area (Å²) < 4.78 is 13.2. The van der Waals surface area contributed by atoms with E-state index >= 15 is 0 Å². The van der Waals surface area contributed by atoms with E-state index in [1.165, 1.54) is 29.3 Å². The normalized spacial score (nSPS) is 20.8. The first-order chi connectivity index (χ1) is 12.6. The highest BCUT2D eigenvalue weighted by molar-refractivity contribution is 6.33. The van der Waals surface area contributed by atoms with Crippen molar-refractivity contribution in [1.82, 2.24) is 10.2 Å². The molecule has 4 rings (SSSR count). The quantitative estimate of drug-likeness (QED) is 0.887. The molecule has 2 aromatic carbocycles. The summed E-state index contributed by atoms with van der Waals surface area (Å²) in [6.45, 7) is 1.92. The first-order valence-electron chi connectivity index (χ1n) is 9.17. The molecule has 2 aromatic rings. The van der Waals surface area contributed by atoms with E-state index in [4.69, 9.17) is 11.6 Å². The maximum absolute atomic E-state index is 13.2. The van der Waals surface area contributed by atoms with Crippen molar-refractivity contribution in [2.24, 2.45) is 0 Å². The fourth-order valence-corrected chi connectivity index (χ4v) is 4.44. The van der Waals surface area contributed by atoms with Gasteiger partial charge in [-0.1, -0.05) is 35.9 Å². The van der Waals surface area contributed by atoms with E-state index in [0.29, 0.717) is 11.6 Å². The van der Waals surface area contributed by atoms with Crippen LogP contribution in [0.1, 0.15) is 34.3 Å². The van der Waals surface area contributed by atoms with Crippen molar-refractivity contribution >= 4 is 17.5 Å². The monoisotopic (exact) mass is 372 g/mol. The number of piperidine rings is 1. The number of halogens is 2. The molecule has 2 aliphatic rings. The minimum Gasteiger partial charge on any atom is -0.348 e. The smallest absolute Gasteiger partial charge is 0.253 e. The molecular weight excluding hydrogens is 351 g/mol. The van der Waals surface area contributed by atoms with Crippen molar-refractivity contribution in [1.29, 1.82) is 0 Å². The summed E-state index contributed by atoms with van der Waals surface area (Å²) in [5, 5.41) is 3.24. The van der Waals surface area contributed by atoms with Gasteiger partial charge < -0.3 is 5.32 Å². The zero-order valence-corrected chi connectivity index (χ0v) is 15.3. The van der Waals surface area contributed by atoms with Crippen molar-refractivity contribution in [3.05, 3.63) is 70.0 Å². The van der Waals surface area contributed by atoms with Gasteiger partial charge in [0.25, 0.3) is 5.91 Å². The Kier molecular flexibility index (Phi) is 4.96. The molecule has 0 radical (unpaired) electrons. The van der Waals surface area contributed by atoms with E-state index in [9.17, 15) is 9.18 Å². The molecule has 1 N–H and O–H groups in total. The molecule has 5 heteroatoms. The molecule has 3 nitrogen and oxygen atoms in total. The van der Waals surface area contributed by atoms with Crippen LogP contribution in [0.5, 0.6) is 0 Å². The third-order valence-corrected chi connectivity index (χ3v) is 5.82. The summed E-state index contributed by atoms with van der Waals surface area (Å²) in [4.78, 5) is 15.0. The van der Waals surface area contributed by atoms with Crippen LogP contribution in [-0.4, -0.2) is 36.0 Å². The maximum Gasteiger partial charge on any atom is 0.253 e. The van der Waals surface area contributed by atoms with Crippen molar-refractivity contribution in [2.45, 2.75) is 37.8 Å². The lowest BCUT2D eigenvalue weighted by molar-refractivity contribution is 0.0876. The fraction of sp³-hybridized carbons (Fsp3) is 0.381. The number of rotatable bonds is 3. The highest BCUT2D eigenvalue weighted by Crippen LogP contribution is 2.27. The second-order valence-electron chi connectivity index (χ2n) is 7.26. The number of amides is 1. The predicted molar refractivity (Wildman–Crippen MR) is 101 cm³/mol. The molecule has 1 aliphatic heterocycles. The summed E-state index contributed by atoms with van der Waals surface area (Å²) in [7, 11) is 0. The molecule has 1 amide bonds. The number of carbonyl (C=O) groups excluding carboxylic acids is 1. The summed E-state index contributed by atoms with van der Waals surface area (Å²) >= 11 is 6.01. The lowest BCUT2D eigenvalue weighted by atomic mass is 10.0. The standard InChI is InChI=1S/C21H22ClFN2O/c22-20-12-16(23)7-8-19(20)21(26)24-17-6-3-9-25(13-17)18-10-14-4-1-2-5-15(14)11-18/h1-2,4-5,7-8,12,17-18H,3,6,9-11,13H2,(H,24,26)/t17-/m0/s1. The Balaban J connectivity index is 1.39. The van der Waals surface area contributed by atoms with E-state index in [0.717, 1.165) is 38.8 Å². The molecule has 26 heavy (non-hydrogen) atoms. The summed E-state index contributed by atoms with van der Waals surface area (Å²) in [6.07, 6.45) is 4.19. The van der Waals surface area contributed by atoms with Crippen LogP contribution in [0.3, 0.4) is 0 Å². The van der Waals surface area contributed by atoms with Crippen molar-refractivity contribution in [2.75, 3.05) is 13.1 Å². The Morgan fingerprint density at radius 3 is 2.58 bits per heavy atom. The Labute approximate surface area is 158 Å². The van der Waals surface area contributed by atoms with Gasteiger partial charge in [0.1, 0.15) is 5.82 Å². The van der Waals surface area contributed by atoms with Crippen molar-refractivity contribution in [3.63, 3.8) is 0 Å². The number of fused-ring (bicyclic) bond motifs is 1. The fourth-order valence-electron chi connectivity index (χ4n) is 4.19. The molecule has 0 aromatic heterocycles. The second kappa shape index (κ2) is 7.37. The van der Waals surface area contributed by atoms with Gasteiger partial charge in [-0.3, -0.25) is 9.69 Å². The van der Waals surface area contributed by atoms with Crippen LogP contribution < -0.4 is 5.32 Å². The Morgan fingerprint density at radius 1 is 1.15 bits per heavy atom. The van der Waals surface area contributed by atoms with Crippen LogP contribution in [0.4, 0.5) is 4.39 Å². The van der Waals surface area contributed by atoms with Crippen LogP contribution in [0.15, 0.2) is 42.5 Å². The maximum atomic E-state index is 13.2. The number of nitrogens with zero attached hydrogens (tertiary/aromatic N) is 1. The molecule has 1 fully saturated rings. The third-order valence-electron chi connectivity index (χ3n) is 5.51. The van der Waals surface area contributed by atoms with Crippen LogP contribution in [-0.2, 0) is 12.8 Å². The van der Waals surface area contributed by atoms with E-state index in [1.807, 2.05) is 0 Å². The highest BCUT2D eigenvalue weighted by Gasteiger charge is 2.31. The van der Waals surface area contributed by atoms with Gasteiger partial charge in [0.2, 0.25) is 0 Å². The molecule has 1 aliphatic carbocycles. The van der Waals surface area contributed by atoms with Gasteiger partial charge in [-0.25, -0.2) is 4.39 Å². The zero-order valence-electron chi connectivity index (χ0n) is 14.6. The van der Waals surface area contributed by atoms with Gasteiger partial charge in [0, 0.05) is 18.6 Å². The number of benzene rings is 2. The van der Waals surface area contributed by atoms with Gasteiger partial charge in [-0.05, 0) is 61.6 Å².